The molecule has 4 aliphatic rings. The van der Waals surface area contributed by atoms with Gasteiger partial charge in [-0.05, 0) is 60.8 Å². The number of nitrogens with two attached hydrogens (primary N) is 1. The molecule has 112 valence electrons. The van der Waals surface area contributed by atoms with Crippen LogP contribution in [0.25, 0.3) is 0 Å². The van der Waals surface area contributed by atoms with Gasteiger partial charge in [-0.1, -0.05) is 30.3 Å². The van der Waals surface area contributed by atoms with E-state index in [-0.39, 0.29) is 23.4 Å². The number of alkyl halides is 1. The number of benzene rings is 1. The quantitative estimate of drug-likeness (QED) is 0.908. The molecule has 21 heavy (non-hydrogen) atoms. The first-order valence-corrected chi connectivity index (χ1v) is 8.03. The molecule has 0 aromatic heterocycles. The molecule has 1 amide bonds. The number of carbonyl (C=O) groups is 1. The van der Waals surface area contributed by atoms with Crippen LogP contribution in [-0.4, -0.2) is 12.6 Å². The van der Waals surface area contributed by atoms with Gasteiger partial charge >= 0.3 is 0 Å². The van der Waals surface area contributed by atoms with Crippen LogP contribution in [0.4, 0.5) is 4.39 Å². The van der Waals surface area contributed by atoms with Crippen LogP contribution in [-0.2, 0) is 10.2 Å². The lowest BCUT2D eigenvalue weighted by Gasteiger charge is -2.42. The van der Waals surface area contributed by atoms with Crippen molar-refractivity contribution in [3.05, 3.63) is 35.9 Å². The first-order chi connectivity index (χ1) is 10.1. The molecular weight excluding hydrogens is 265 g/mol. The number of rotatable bonds is 4. The third kappa shape index (κ3) is 1.60. The van der Waals surface area contributed by atoms with Gasteiger partial charge in [0.15, 0.2) is 0 Å². The van der Waals surface area contributed by atoms with Gasteiger partial charge in [-0.15, -0.1) is 0 Å². The van der Waals surface area contributed by atoms with Gasteiger partial charge in [0.1, 0.15) is 0 Å². The molecule has 2 N–H and O–H groups in total. The largest absolute Gasteiger partial charge is 0.369 e. The molecule has 4 saturated carbocycles. The van der Waals surface area contributed by atoms with E-state index in [0.29, 0.717) is 24.2 Å². The Balaban J connectivity index is 1.77. The van der Waals surface area contributed by atoms with Crippen molar-refractivity contribution >= 4 is 5.91 Å². The summed E-state index contributed by atoms with van der Waals surface area (Å²) in [6.07, 6.45) is 4.50. The molecule has 0 aliphatic heterocycles. The van der Waals surface area contributed by atoms with Crippen molar-refractivity contribution in [2.45, 2.75) is 37.5 Å². The zero-order valence-electron chi connectivity index (χ0n) is 12.2. The number of carbonyl (C=O) groups excluding carboxylic acids is 1. The van der Waals surface area contributed by atoms with E-state index in [2.05, 4.69) is 24.3 Å². The van der Waals surface area contributed by atoms with Gasteiger partial charge in [0, 0.05) is 0 Å². The second kappa shape index (κ2) is 4.31. The molecule has 2 nitrogen and oxygen atoms in total. The Morgan fingerprint density at radius 1 is 1.24 bits per heavy atom. The highest BCUT2D eigenvalue weighted by Crippen LogP contribution is 2.73. The van der Waals surface area contributed by atoms with Crippen LogP contribution in [0, 0.1) is 23.2 Å². The Labute approximate surface area is 124 Å². The molecule has 0 saturated heterocycles. The number of hydrogen-bond donors (Lipinski definition) is 1. The summed E-state index contributed by atoms with van der Waals surface area (Å²) < 4.78 is 12.9. The molecule has 4 aliphatic carbocycles. The fraction of sp³-hybridized carbons (Fsp3) is 0.611. The predicted molar refractivity (Wildman–Crippen MR) is 79.3 cm³/mol. The molecule has 0 spiro atoms. The van der Waals surface area contributed by atoms with Crippen LogP contribution in [0.1, 0.15) is 37.7 Å². The number of primary amides is 1. The second-order valence-corrected chi connectivity index (χ2v) is 7.46. The van der Waals surface area contributed by atoms with Crippen molar-refractivity contribution < 1.29 is 9.18 Å². The number of hydrogen-bond acceptors (Lipinski definition) is 1. The van der Waals surface area contributed by atoms with Gasteiger partial charge in [-0.3, -0.25) is 9.18 Å². The highest BCUT2D eigenvalue weighted by atomic mass is 19.1. The van der Waals surface area contributed by atoms with E-state index in [0.717, 1.165) is 25.7 Å². The van der Waals surface area contributed by atoms with Crippen molar-refractivity contribution in [2.24, 2.45) is 28.9 Å². The number of halogens is 1. The van der Waals surface area contributed by atoms with Crippen LogP contribution in [0.15, 0.2) is 30.3 Å². The van der Waals surface area contributed by atoms with E-state index in [4.69, 9.17) is 5.73 Å². The van der Waals surface area contributed by atoms with E-state index < -0.39 is 0 Å². The minimum atomic E-state index is -0.363. The molecule has 5 atom stereocenters. The van der Waals surface area contributed by atoms with Gasteiger partial charge in [-0.2, -0.15) is 0 Å². The summed E-state index contributed by atoms with van der Waals surface area (Å²) in [4.78, 5) is 12.2. The van der Waals surface area contributed by atoms with Gasteiger partial charge in [0.25, 0.3) is 0 Å². The SMILES string of the molecule is NC(=O)C12CC3CC(c4ccccc4)(CC1C3CCF)C2. The molecule has 5 rings (SSSR count). The Bertz CT molecular complexity index is 574. The summed E-state index contributed by atoms with van der Waals surface area (Å²) in [6, 6.07) is 10.6. The molecular formula is C18H22FNO. The minimum Gasteiger partial charge on any atom is -0.369 e. The van der Waals surface area contributed by atoms with Crippen LogP contribution in [0.5, 0.6) is 0 Å². The summed E-state index contributed by atoms with van der Waals surface area (Å²) in [5.74, 6) is 0.990. The maximum absolute atomic E-state index is 12.9. The zero-order chi connectivity index (χ0) is 14.7. The zero-order valence-corrected chi connectivity index (χ0v) is 12.2. The summed E-state index contributed by atoms with van der Waals surface area (Å²) in [5.41, 5.74) is 6.91. The lowest BCUT2D eigenvalue weighted by atomic mass is 9.61. The molecule has 1 aromatic rings. The molecule has 0 radical (unpaired) electrons. The van der Waals surface area contributed by atoms with Gasteiger partial charge < -0.3 is 5.73 Å². The van der Waals surface area contributed by atoms with Gasteiger partial charge in [0.05, 0.1) is 12.1 Å². The maximum Gasteiger partial charge on any atom is 0.223 e. The van der Waals surface area contributed by atoms with Crippen LogP contribution < -0.4 is 5.73 Å². The van der Waals surface area contributed by atoms with Crippen LogP contribution in [0.3, 0.4) is 0 Å². The van der Waals surface area contributed by atoms with Gasteiger partial charge in [-0.25, -0.2) is 0 Å². The molecule has 1 aromatic carbocycles. The highest BCUT2D eigenvalue weighted by molar-refractivity contribution is 5.83. The standard InChI is InChI=1S/C18H22FNO/c19-7-6-14-12-8-17(13-4-2-1-3-5-13)10-15(14)18(9-12,11-17)16(20)21/h1-5,12,14-15H,6-11H2,(H2,20,21). The van der Waals surface area contributed by atoms with E-state index in [1.165, 1.54) is 5.56 Å². The molecule has 4 fully saturated rings. The third-order valence-electron chi connectivity index (χ3n) is 6.70. The van der Waals surface area contributed by atoms with Crippen LogP contribution >= 0.6 is 0 Å². The Kier molecular flexibility index (Phi) is 2.73. The first-order valence-electron chi connectivity index (χ1n) is 8.03. The summed E-state index contributed by atoms with van der Waals surface area (Å²) >= 11 is 0. The fourth-order valence-corrected chi connectivity index (χ4v) is 6.10. The third-order valence-corrected chi connectivity index (χ3v) is 6.70. The normalized spacial score (nSPS) is 43.4. The van der Waals surface area contributed by atoms with E-state index in [1.54, 1.807) is 0 Å². The summed E-state index contributed by atoms with van der Waals surface area (Å²) in [7, 11) is 0. The van der Waals surface area contributed by atoms with Crippen molar-refractivity contribution in [3.63, 3.8) is 0 Å². The highest BCUT2D eigenvalue weighted by Gasteiger charge is 2.69. The number of amides is 1. The minimum absolute atomic E-state index is 0.108. The molecule has 3 heteroatoms. The summed E-state index contributed by atoms with van der Waals surface area (Å²) in [6.45, 7) is -0.273. The van der Waals surface area contributed by atoms with Crippen molar-refractivity contribution in [1.82, 2.24) is 0 Å². The smallest absolute Gasteiger partial charge is 0.223 e. The predicted octanol–water partition coefficient (Wildman–Crippen LogP) is 3.21. The van der Waals surface area contributed by atoms with Crippen molar-refractivity contribution in [2.75, 3.05) is 6.67 Å². The average molecular weight is 287 g/mol. The average Bonchev–Trinajstić information content (AvgIpc) is 2.86. The monoisotopic (exact) mass is 287 g/mol. The van der Waals surface area contributed by atoms with E-state index in [1.807, 2.05) is 6.07 Å². The molecule has 5 unspecified atom stereocenters. The van der Waals surface area contributed by atoms with Crippen molar-refractivity contribution in [3.8, 4) is 0 Å². The molecule has 0 heterocycles. The molecule has 4 bridgehead atoms. The Morgan fingerprint density at radius 2 is 2.00 bits per heavy atom. The Morgan fingerprint density at radius 3 is 2.67 bits per heavy atom. The lowest BCUT2D eigenvalue weighted by Crippen LogP contribution is -2.41. The van der Waals surface area contributed by atoms with Gasteiger partial charge in [0.2, 0.25) is 5.91 Å². The Hall–Kier alpha value is -1.38. The fourth-order valence-electron chi connectivity index (χ4n) is 6.10. The van der Waals surface area contributed by atoms with E-state index in [9.17, 15) is 9.18 Å². The van der Waals surface area contributed by atoms with E-state index >= 15 is 0 Å². The topological polar surface area (TPSA) is 43.1 Å². The van der Waals surface area contributed by atoms with Crippen molar-refractivity contribution in [1.29, 1.82) is 0 Å². The second-order valence-electron chi connectivity index (χ2n) is 7.46. The lowest BCUT2D eigenvalue weighted by molar-refractivity contribution is -0.129. The summed E-state index contributed by atoms with van der Waals surface area (Å²) in [5, 5.41) is 0. The van der Waals surface area contributed by atoms with Crippen LogP contribution in [0.2, 0.25) is 0 Å². The first kappa shape index (κ1) is 13.3. The maximum atomic E-state index is 12.9.